The zero-order valence-corrected chi connectivity index (χ0v) is 9.33. The summed E-state index contributed by atoms with van der Waals surface area (Å²) in [5.41, 5.74) is 2.72. The van der Waals surface area contributed by atoms with Crippen LogP contribution in [0.3, 0.4) is 0 Å². The fourth-order valence-electron chi connectivity index (χ4n) is 2.33. The molecule has 2 rings (SSSR count). The van der Waals surface area contributed by atoms with E-state index in [-0.39, 0.29) is 0 Å². The van der Waals surface area contributed by atoms with E-state index in [2.05, 4.69) is 31.2 Å². The van der Waals surface area contributed by atoms with Gasteiger partial charge in [-0.05, 0) is 36.3 Å². The van der Waals surface area contributed by atoms with Crippen molar-refractivity contribution in [3.05, 3.63) is 35.4 Å². The Morgan fingerprint density at radius 2 is 2.00 bits per heavy atom. The third-order valence-electron chi connectivity index (χ3n) is 3.34. The van der Waals surface area contributed by atoms with Gasteiger partial charge in [-0.2, -0.15) is 0 Å². The van der Waals surface area contributed by atoms with Crippen molar-refractivity contribution in [2.24, 2.45) is 0 Å². The fraction of sp³-hybridized carbons (Fsp3) is 0.500. The van der Waals surface area contributed by atoms with E-state index in [0.717, 1.165) is 25.7 Å². The van der Waals surface area contributed by atoms with Crippen LogP contribution < -0.4 is 0 Å². The van der Waals surface area contributed by atoms with Crippen LogP contribution >= 0.6 is 0 Å². The van der Waals surface area contributed by atoms with Gasteiger partial charge in [-0.3, -0.25) is 4.79 Å². The van der Waals surface area contributed by atoms with E-state index >= 15 is 0 Å². The van der Waals surface area contributed by atoms with Crippen LogP contribution in [0.15, 0.2) is 24.3 Å². The first kappa shape index (κ1) is 10.4. The number of Topliss-reactive ketones (excluding diaryl/α,β-unsaturated/α-hetero) is 1. The molecule has 0 aliphatic heterocycles. The predicted molar refractivity (Wildman–Crippen MR) is 62.0 cm³/mol. The first-order chi connectivity index (χ1) is 7.29. The van der Waals surface area contributed by atoms with Gasteiger partial charge in [0.05, 0.1) is 0 Å². The van der Waals surface area contributed by atoms with Crippen molar-refractivity contribution in [2.75, 3.05) is 0 Å². The maximum Gasteiger partial charge on any atom is 0.133 e. The van der Waals surface area contributed by atoms with Crippen molar-refractivity contribution in [3.63, 3.8) is 0 Å². The standard InChI is InChI=1S/C14H18O/c1-2-11-6-8-12(9-7-11)13-4-3-5-14(15)10-13/h6-9,13H,2-5,10H2,1H3. The Kier molecular flexibility index (Phi) is 3.20. The number of hydrogen-bond donors (Lipinski definition) is 0. The van der Waals surface area contributed by atoms with Crippen LogP contribution in [0.4, 0.5) is 0 Å². The van der Waals surface area contributed by atoms with Gasteiger partial charge in [0, 0.05) is 12.8 Å². The van der Waals surface area contributed by atoms with E-state index < -0.39 is 0 Å². The number of ketones is 1. The van der Waals surface area contributed by atoms with Crippen LogP contribution in [0.1, 0.15) is 49.7 Å². The van der Waals surface area contributed by atoms with Gasteiger partial charge >= 0.3 is 0 Å². The lowest BCUT2D eigenvalue weighted by molar-refractivity contribution is -0.120. The number of aryl methyl sites for hydroxylation is 1. The molecule has 1 aliphatic carbocycles. The molecule has 1 unspecified atom stereocenters. The summed E-state index contributed by atoms with van der Waals surface area (Å²) in [4.78, 5) is 11.4. The molecule has 0 N–H and O–H groups in total. The largest absolute Gasteiger partial charge is 0.300 e. The Morgan fingerprint density at radius 1 is 1.27 bits per heavy atom. The molecule has 15 heavy (non-hydrogen) atoms. The molecule has 1 heteroatoms. The lowest BCUT2D eigenvalue weighted by Crippen LogP contribution is -2.13. The molecule has 1 nitrogen and oxygen atoms in total. The lowest BCUT2D eigenvalue weighted by atomic mass is 9.83. The van der Waals surface area contributed by atoms with E-state index in [9.17, 15) is 4.79 Å². The maximum atomic E-state index is 11.4. The van der Waals surface area contributed by atoms with Crippen LogP contribution in [-0.4, -0.2) is 5.78 Å². The molecule has 0 radical (unpaired) electrons. The molecule has 1 fully saturated rings. The normalized spacial score (nSPS) is 21.7. The third-order valence-corrected chi connectivity index (χ3v) is 3.34. The van der Waals surface area contributed by atoms with Crippen molar-refractivity contribution >= 4 is 5.78 Å². The minimum atomic E-state index is 0.436. The molecule has 1 aromatic rings. The van der Waals surface area contributed by atoms with E-state index in [4.69, 9.17) is 0 Å². The van der Waals surface area contributed by atoms with Crippen molar-refractivity contribution < 1.29 is 4.79 Å². The fourth-order valence-corrected chi connectivity index (χ4v) is 2.33. The van der Waals surface area contributed by atoms with Crippen LogP contribution in [0.25, 0.3) is 0 Å². The second kappa shape index (κ2) is 4.61. The van der Waals surface area contributed by atoms with Gasteiger partial charge < -0.3 is 0 Å². The van der Waals surface area contributed by atoms with E-state index in [0.29, 0.717) is 11.7 Å². The van der Waals surface area contributed by atoms with Gasteiger partial charge in [-0.15, -0.1) is 0 Å². The van der Waals surface area contributed by atoms with Gasteiger partial charge in [-0.1, -0.05) is 31.2 Å². The summed E-state index contributed by atoms with van der Waals surface area (Å²) in [5.74, 6) is 0.919. The molecule has 1 aromatic carbocycles. The van der Waals surface area contributed by atoms with Crippen LogP contribution in [-0.2, 0) is 11.2 Å². The number of rotatable bonds is 2. The maximum absolute atomic E-state index is 11.4. The second-order valence-electron chi connectivity index (χ2n) is 4.43. The Bertz CT molecular complexity index is 337. The molecular formula is C14H18O. The number of carbonyl (C=O) groups excluding carboxylic acids is 1. The Labute approximate surface area is 91.5 Å². The predicted octanol–water partition coefficient (Wildman–Crippen LogP) is 3.48. The molecule has 1 aliphatic rings. The molecular weight excluding hydrogens is 184 g/mol. The molecule has 0 heterocycles. The van der Waals surface area contributed by atoms with E-state index in [1.54, 1.807) is 0 Å². The topological polar surface area (TPSA) is 17.1 Å². The molecule has 1 atom stereocenters. The highest BCUT2D eigenvalue weighted by Gasteiger charge is 2.20. The second-order valence-corrected chi connectivity index (χ2v) is 4.43. The highest BCUT2D eigenvalue weighted by atomic mass is 16.1. The summed E-state index contributed by atoms with van der Waals surface area (Å²) in [6.07, 6.45) is 4.88. The average Bonchev–Trinajstić information content (AvgIpc) is 2.29. The van der Waals surface area contributed by atoms with Crippen molar-refractivity contribution in [2.45, 2.75) is 44.9 Å². The summed E-state index contributed by atoms with van der Waals surface area (Å²) in [7, 11) is 0. The van der Waals surface area contributed by atoms with Gasteiger partial charge in [0.2, 0.25) is 0 Å². The zero-order valence-electron chi connectivity index (χ0n) is 9.33. The number of benzene rings is 1. The first-order valence-corrected chi connectivity index (χ1v) is 5.90. The molecule has 0 amide bonds. The lowest BCUT2D eigenvalue weighted by Gasteiger charge is -2.21. The van der Waals surface area contributed by atoms with Crippen molar-refractivity contribution in [1.82, 2.24) is 0 Å². The SMILES string of the molecule is CCc1ccc(C2CCCC(=O)C2)cc1. The summed E-state index contributed by atoms with van der Waals surface area (Å²) >= 11 is 0. The third kappa shape index (κ3) is 2.47. The summed E-state index contributed by atoms with van der Waals surface area (Å²) < 4.78 is 0. The minimum absolute atomic E-state index is 0.436. The van der Waals surface area contributed by atoms with E-state index in [1.807, 2.05) is 0 Å². The highest BCUT2D eigenvalue weighted by molar-refractivity contribution is 5.80. The van der Waals surface area contributed by atoms with Gasteiger partial charge in [0.25, 0.3) is 0 Å². The molecule has 1 saturated carbocycles. The summed E-state index contributed by atoms with van der Waals surface area (Å²) in [6.45, 7) is 2.17. The summed E-state index contributed by atoms with van der Waals surface area (Å²) in [5, 5.41) is 0. The molecule has 0 bridgehead atoms. The Hall–Kier alpha value is -1.11. The monoisotopic (exact) mass is 202 g/mol. The zero-order chi connectivity index (χ0) is 10.7. The summed E-state index contributed by atoms with van der Waals surface area (Å²) in [6, 6.07) is 8.77. The Balaban J connectivity index is 2.11. The smallest absolute Gasteiger partial charge is 0.133 e. The molecule has 0 aromatic heterocycles. The van der Waals surface area contributed by atoms with Gasteiger partial charge in [-0.25, -0.2) is 0 Å². The van der Waals surface area contributed by atoms with Crippen LogP contribution in [0, 0.1) is 0 Å². The minimum Gasteiger partial charge on any atom is -0.300 e. The molecule has 80 valence electrons. The Morgan fingerprint density at radius 3 is 2.60 bits per heavy atom. The number of carbonyl (C=O) groups is 1. The van der Waals surface area contributed by atoms with Crippen molar-refractivity contribution in [1.29, 1.82) is 0 Å². The quantitative estimate of drug-likeness (QED) is 0.717. The molecule has 0 saturated heterocycles. The van der Waals surface area contributed by atoms with Gasteiger partial charge in [0.1, 0.15) is 5.78 Å². The highest BCUT2D eigenvalue weighted by Crippen LogP contribution is 2.30. The van der Waals surface area contributed by atoms with Crippen LogP contribution in [0.5, 0.6) is 0 Å². The van der Waals surface area contributed by atoms with Crippen molar-refractivity contribution in [3.8, 4) is 0 Å². The first-order valence-electron chi connectivity index (χ1n) is 5.90. The van der Waals surface area contributed by atoms with Gasteiger partial charge in [0.15, 0.2) is 0 Å². The number of hydrogen-bond acceptors (Lipinski definition) is 1. The molecule has 0 spiro atoms. The average molecular weight is 202 g/mol. The van der Waals surface area contributed by atoms with E-state index in [1.165, 1.54) is 17.5 Å². The van der Waals surface area contributed by atoms with Crippen LogP contribution in [0.2, 0.25) is 0 Å².